The van der Waals surface area contributed by atoms with Crippen LogP contribution in [0.1, 0.15) is 28.4 Å². The van der Waals surface area contributed by atoms with Gasteiger partial charge in [-0.15, -0.1) is 0 Å². The molecule has 0 aromatic heterocycles. The standard InChI is InChI=1S/C37H26O/c1-5-15-26(16-6-1)32-25-30-23-13-14-24-31(30)35-33(27-17-7-2-8-18-27)34(28-19-9-3-10-20-28)36(38-37(32)35)29-21-11-4-12-22-29/h1-25,36H. The van der Waals surface area contributed by atoms with Gasteiger partial charge < -0.3 is 4.74 Å². The molecule has 0 N–H and O–H groups in total. The van der Waals surface area contributed by atoms with Crippen LogP contribution in [0, 0.1) is 0 Å². The molecule has 1 atom stereocenters. The average Bonchev–Trinajstić information content (AvgIpc) is 3.01. The second-order valence-corrected chi connectivity index (χ2v) is 9.64. The third-order valence-corrected chi connectivity index (χ3v) is 7.35. The average molecular weight is 487 g/mol. The maximum absolute atomic E-state index is 7.17. The van der Waals surface area contributed by atoms with Crippen LogP contribution in [0.2, 0.25) is 0 Å². The van der Waals surface area contributed by atoms with Crippen LogP contribution >= 0.6 is 0 Å². The van der Waals surface area contributed by atoms with E-state index in [9.17, 15) is 0 Å². The third-order valence-electron chi connectivity index (χ3n) is 7.35. The highest BCUT2D eigenvalue weighted by Crippen LogP contribution is 2.54. The van der Waals surface area contributed by atoms with Crippen LogP contribution in [0.3, 0.4) is 0 Å². The second kappa shape index (κ2) is 9.53. The van der Waals surface area contributed by atoms with Gasteiger partial charge in [0, 0.05) is 22.3 Å². The Hall–Kier alpha value is -4.88. The van der Waals surface area contributed by atoms with E-state index in [0.29, 0.717) is 0 Å². The topological polar surface area (TPSA) is 9.23 Å². The summed E-state index contributed by atoms with van der Waals surface area (Å²) in [5.41, 5.74) is 9.31. The molecule has 0 amide bonds. The Labute approximate surface area is 223 Å². The Morgan fingerprint density at radius 3 is 1.66 bits per heavy atom. The highest BCUT2D eigenvalue weighted by molar-refractivity contribution is 6.12. The molecular weight excluding hydrogens is 460 g/mol. The first-order valence-electron chi connectivity index (χ1n) is 13.1. The molecule has 0 saturated heterocycles. The van der Waals surface area contributed by atoms with Crippen molar-refractivity contribution in [2.45, 2.75) is 6.10 Å². The minimum Gasteiger partial charge on any atom is -0.480 e. The van der Waals surface area contributed by atoms with Gasteiger partial charge in [0.05, 0.1) is 0 Å². The van der Waals surface area contributed by atoms with Gasteiger partial charge in [-0.2, -0.15) is 0 Å². The van der Waals surface area contributed by atoms with Gasteiger partial charge in [-0.1, -0.05) is 146 Å². The Bertz CT molecular complexity index is 1750. The summed E-state index contributed by atoms with van der Waals surface area (Å²) in [5, 5.41) is 2.40. The molecule has 1 unspecified atom stereocenters. The van der Waals surface area contributed by atoms with Gasteiger partial charge in [0.2, 0.25) is 0 Å². The molecule has 0 spiro atoms. The smallest absolute Gasteiger partial charge is 0.150 e. The van der Waals surface area contributed by atoms with Crippen LogP contribution in [0.4, 0.5) is 0 Å². The van der Waals surface area contributed by atoms with Crippen LogP contribution in [0.25, 0.3) is 33.0 Å². The lowest BCUT2D eigenvalue weighted by Gasteiger charge is -2.34. The van der Waals surface area contributed by atoms with E-state index < -0.39 is 0 Å². The molecule has 0 saturated carbocycles. The van der Waals surface area contributed by atoms with E-state index in [0.717, 1.165) is 28.0 Å². The molecule has 0 bridgehead atoms. The zero-order chi connectivity index (χ0) is 25.3. The van der Waals surface area contributed by atoms with Gasteiger partial charge in [0.15, 0.2) is 6.10 Å². The molecule has 1 aliphatic rings. The summed E-state index contributed by atoms with van der Waals surface area (Å²) in [4.78, 5) is 0. The minimum atomic E-state index is -0.259. The van der Waals surface area contributed by atoms with E-state index >= 15 is 0 Å². The van der Waals surface area contributed by atoms with E-state index in [4.69, 9.17) is 4.74 Å². The minimum absolute atomic E-state index is 0.259. The van der Waals surface area contributed by atoms with E-state index in [1.165, 1.54) is 33.0 Å². The largest absolute Gasteiger partial charge is 0.480 e. The van der Waals surface area contributed by atoms with Crippen LogP contribution in [-0.4, -0.2) is 0 Å². The van der Waals surface area contributed by atoms with Crippen molar-refractivity contribution in [1.82, 2.24) is 0 Å². The second-order valence-electron chi connectivity index (χ2n) is 9.64. The summed E-state index contributed by atoms with van der Waals surface area (Å²) in [6.45, 7) is 0. The fourth-order valence-electron chi connectivity index (χ4n) is 5.65. The van der Waals surface area contributed by atoms with E-state index in [1.54, 1.807) is 0 Å². The normalized spacial score (nSPS) is 14.7. The summed E-state index contributed by atoms with van der Waals surface area (Å²) < 4.78 is 7.17. The highest BCUT2D eigenvalue weighted by Gasteiger charge is 2.34. The molecule has 1 heterocycles. The zero-order valence-corrected chi connectivity index (χ0v) is 20.9. The van der Waals surface area contributed by atoms with Crippen molar-refractivity contribution in [3.05, 3.63) is 174 Å². The lowest BCUT2D eigenvalue weighted by molar-refractivity contribution is 0.262. The van der Waals surface area contributed by atoms with Gasteiger partial charge >= 0.3 is 0 Å². The van der Waals surface area contributed by atoms with Crippen LogP contribution in [-0.2, 0) is 0 Å². The van der Waals surface area contributed by atoms with Crippen molar-refractivity contribution >= 4 is 21.9 Å². The first-order valence-corrected chi connectivity index (χ1v) is 13.1. The van der Waals surface area contributed by atoms with Crippen LogP contribution in [0.5, 0.6) is 5.75 Å². The Balaban J connectivity index is 1.67. The Morgan fingerprint density at radius 1 is 0.474 bits per heavy atom. The lowest BCUT2D eigenvalue weighted by Crippen LogP contribution is -2.18. The van der Waals surface area contributed by atoms with Gasteiger partial charge in [0.25, 0.3) is 0 Å². The van der Waals surface area contributed by atoms with Crippen molar-refractivity contribution in [3.8, 4) is 16.9 Å². The number of ether oxygens (including phenoxy) is 1. The van der Waals surface area contributed by atoms with E-state index in [1.807, 2.05) is 0 Å². The van der Waals surface area contributed by atoms with Gasteiger partial charge in [-0.05, 0) is 39.1 Å². The quantitative estimate of drug-likeness (QED) is 0.241. The molecule has 6 aromatic rings. The molecule has 1 heteroatoms. The summed E-state index contributed by atoms with van der Waals surface area (Å²) in [6.07, 6.45) is -0.259. The number of rotatable bonds is 4. The predicted octanol–water partition coefficient (Wildman–Crippen LogP) is 9.60. The Morgan fingerprint density at radius 2 is 1.00 bits per heavy atom. The van der Waals surface area contributed by atoms with Crippen molar-refractivity contribution in [2.24, 2.45) is 0 Å². The molecule has 1 nitrogen and oxygen atoms in total. The fourth-order valence-corrected chi connectivity index (χ4v) is 5.65. The van der Waals surface area contributed by atoms with Crippen LogP contribution in [0.15, 0.2) is 152 Å². The maximum atomic E-state index is 7.17. The van der Waals surface area contributed by atoms with Crippen LogP contribution < -0.4 is 4.74 Å². The van der Waals surface area contributed by atoms with Crippen molar-refractivity contribution in [1.29, 1.82) is 0 Å². The summed E-state index contributed by atoms with van der Waals surface area (Å²) in [5.74, 6) is 0.933. The van der Waals surface area contributed by atoms with Crippen molar-refractivity contribution < 1.29 is 4.74 Å². The molecule has 0 fully saturated rings. The number of hydrogen-bond donors (Lipinski definition) is 0. The lowest BCUT2D eigenvalue weighted by atomic mass is 9.79. The number of hydrogen-bond acceptors (Lipinski definition) is 1. The summed E-state index contributed by atoms with van der Waals surface area (Å²) in [7, 11) is 0. The molecular formula is C37H26O. The van der Waals surface area contributed by atoms with E-state index in [-0.39, 0.29) is 6.10 Å². The molecule has 1 aliphatic heterocycles. The van der Waals surface area contributed by atoms with Gasteiger partial charge in [-0.3, -0.25) is 0 Å². The monoisotopic (exact) mass is 486 g/mol. The number of fused-ring (bicyclic) bond motifs is 3. The molecule has 180 valence electrons. The molecule has 6 aromatic carbocycles. The predicted molar refractivity (Wildman–Crippen MR) is 158 cm³/mol. The summed E-state index contributed by atoms with van der Waals surface area (Å²) in [6, 6.07) is 53.6. The van der Waals surface area contributed by atoms with E-state index in [2.05, 4.69) is 152 Å². The first kappa shape index (κ1) is 22.3. The maximum Gasteiger partial charge on any atom is 0.150 e. The third kappa shape index (κ3) is 3.81. The van der Waals surface area contributed by atoms with Gasteiger partial charge in [0.1, 0.15) is 5.75 Å². The Kier molecular flexibility index (Phi) is 5.60. The molecule has 7 rings (SSSR count). The first-order chi connectivity index (χ1) is 18.9. The molecule has 0 aliphatic carbocycles. The summed E-state index contributed by atoms with van der Waals surface area (Å²) >= 11 is 0. The zero-order valence-electron chi connectivity index (χ0n) is 20.9. The number of benzene rings is 6. The van der Waals surface area contributed by atoms with Crippen molar-refractivity contribution in [3.63, 3.8) is 0 Å². The van der Waals surface area contributed by atoms with Gasteiger partial charge in [-0.25, -0.2) is 0 Å². The fraction of sp³-hybridized carbons (Fsp3) is 0.0270. The highest BCUT2D eigenvalue weighted by atomic mass is 16.5. The molecule has 0 radical (unpaired) electrons. The molecule has 38 heavy (non-hydrogen) atoms. The SMILES string of the molecule is c1ccc(C2=C(c3ccccc3)C(c3ccccc3)Oc3c(-c4ccccc4)cc4ccccc4c32)cc1. The van der Waals surface area contributed by atoms with Crippen molar-refractivity contribution in [2.75, 3.05) is 0 Å².